The molecule has 1 heterocycles. The zero-order valence-electron chi connectivity index (χ0n) is 14.7. The highest BCUT2D eigenvalue weighted by atomic mass is 35.5. The van der Waals surface area contributed by atoms with Crippen molar-refractivity contribution < 1.29 is 9.59 Å². The van der Waals surface area contributed by atoms with Gasteiger partial charge in [-0.05, 0) is 35.8 Å². The van der Waals surface area contributed by atoms with E-state index in [0.717, 1.165) is 12.8 Å². The molecule has 1 fully saturated rings. The SMILES string of the molecule is CN(C(=O)CSc1nnnn1C)[C@]1(c2ccccc2Cl)CCCCC1=O. The van der Waals surface area contributed by atoms with Crippen LogP contribution in [-0.2, 0) is 22.2 Å². The highest BCUT2D eigenvalue weighted by Crippen LogP contribution is 2.42. The fourth-order valence-corrected chi connectivity index (χ4v) is 4.46. The second-order valence-corrected chi connectivity index (χ2v) is 7.65. The van der Waals surface area contributed by atoms with Gasteiger partial charge in [0.1, 0.15) is 5.54 Å². The summed E-state index contributed by atoms with van der Waals surface area (Å²) in [5.41, 5.74) is -0.306. The summed E-state index contributed by atoms with van der Waals surface area (Å²) >= 11 is 7.66. The second kappa shape index (κ2) is 7.75. The molecule has 9 heteroatoms. The van der Waals surface area contributed by atoms with Gasteiger partial charge in [-0.15, -0.1) is 5.10 Å². The van der Waals surface area contributed by atoms with E-state index in [1.54, 1.807) is 25.1 Å². The van der Waals surface area contributed by atoms with E-state index in [2.05, 4.69) is 15.5 Å². The topological polar surface area (TPSA) is 81.0 Å². The molecule has 0 N–H and O–H groups in total. The summed E-state index contributed by atoms with van der Waals surface area (Å²) in [6, 6.07) is 7.28. The number of rotatable bonds is 5. The fraction of sp³-hybridized carbons (Fsp3) is 0.471. The van der Waals surface area contributed by atoms with Crippen molar-refractivity contribution in [2.45, 2.75) is 36.4 Å². The predicted molar refractivity (Wildman–Crippen MR) is 98.9 cm³/mol. The smallest absolute Gasteiger partial charge is 0.233 e. The molecule has 26 heavy (non-hydrogen) atoms. The molecule has 1 amide bonds. The third-order valence-corrected chi connectivity index (χ3v) is 6.15. The number of likely N-dealkylation sites (N-methyl/N-ethyl adjacent to an activating group) is 1. The van der Waals surface area contributed by atoms with E-state index in [1.807, 2.05) is 18.2 Å². The van der Waals surface area contributed by atoms with Crippen molar-refractivity contribution in [2.24, 2.45) is 7.05 Å². The van der Waals surface area contributed by atoms with Crippen molar-refractivity contribution in [3.05, 3.63) is 34.9 Å². The Kier molecular flexibility index (Phi) is 5.62. The van der Waals surface area contributed by atoms with Gasteiger partial charge in [0.2, 0.25) is 11.1 Å². The van der Waals surface area contributed by atoms with Crippen LogP contribution in [-0.4, -0.2) is 49.6 Å². The molecular formula is C17H20ClN5O2S. The van der Waals surface area contributed by atoms with Crippen LogP contribution in [0, 0.1) is 0 Å². The Balaban J connectivity index is 1.89. The molecule has 0 aliphatic heterocycles. The van der Waals surface area contributed by atoms with Gasteiger partial charge in [0, 0.05) is 31.1 Å². The van der Waals surface area contributed by atoms with E-state index < -0.39 is 5.54 Å². The number of aromatic nitrogens is 4. The number of carbonyl (C=O) groups excluding carboxylic acids is 2. The van der Waals surface area contributed by atoms with Crippen LogP contribution in [0.2, 0.25) is 5.02 Å². The van der Waals surface area contributed by atoms with Crippen LogP contribution < -0.4 is 0 Å². The predicted octanol–water partition coefficient (Wildman–Crippen LogP) is 2.45. The first-order chi connectivity index (χ1) is 12.5. The zero-order chi connectivity index (χ0) is 18.7. The Morgan fingerprint density at radius 3 is 2.81 bits per heavy atom. The van der Waals surface area contributed by atoms with E-state index in [9.17, 15) is 9.59 Å². The number of aryl methyl sites for hydroxylation is 1. The van der Waals surface area contributed by atoms with E-state index in [-0.39, 0.29) is 17.4 Å². The van der Waals surface area contributed by atoms with Gasteiger partial charge in [-0.3, -0.25) is 9.59 Å². The van der Waals surface area contributed by atoms with Gasteiger partial charge in [-0.1, -0.05) is 41.6 Å². The maximum Gasteiger partial charge on any atom is 0.233 e. The second-order valence-electron chi connectivity index (χ2n) is 6.30. The third-order valence-electron chi connectivity index (χ3n) is 4.83. The van der Waals surface area contributed by atoms with Crippen molar-refractivity contribution in [3.63, 3.8) is 0 Å². The van der Waals surface area contributed by atoms with Gasteiger partial charge in [-0.25, -0.2) is 4.68 Å². The summed E-state index contributed by atoms with van der Waals surface area (Å²) < 4.78 is 1.51. The first-order valence-corrected chi connectivity index (χ1v) is 9.73. The lowest BCUT2D eigenvalue weighted by Crippen LogP contribution is -2.54. The van der Waals surface area contributed by atoms with E-state index in [1.165, 1.54) is 16.4 Å². The van der Waals surface area contributed by atoms with E-state index in [4.69, 9.17) is 11.6 Å². The fourth-order valence-electron chi connectivity index (χ4n) is 3.41. The van der Waals surface area contributed by atoms with E-state index in [0.29, 0.717) is 28.6 Å². The van der Waals surface area contributed by atoms with Crippen LogP contribution in [0.25, 0.3) is 0 Å². The van der Waals surface area contributed by atoms with Crippen LogP contribution in [0.15, 0.2) is 29.4 Å². The number of nitrogens with zero attached hydrogens (tertiary/aromatic N) is 5. The van der Waals surface area contributed by atoms with Crippen LogP contribution in [0.3, 0.4) is 0 Å². The molecule has 0 saturated heterocycles. The molecule has 1 atom stereocenters. The lowest BCUT2D eigenvalue weighted by Gasteiger charge is -2.44. The molecule has 1 aliphatic carbocycles. The number of thioether (sulfide) groups is 1. The van der Waals surface area contributed by atoms with Crippen molar-refractivity contribution >= 4 is 35.1 Å². The van der Waals surface area contributed by atoms with Crippen molar-refractivity contribution in [1.29, 1.82) is 0 Å². The first-order valence-electron chi connectivity index (χ1n) is 8.37. The van der Waals surface area contributed by atoms with Gasteiger partial charge in [0.05, 0.1) is 5.75 Å². The van der Waals surface area contributed by atoms with E-state index >= 15 is 0 Å². The average molecular weight is 394 g/mol. The number of tetrazole rings is 1. The Hall–Kier alpha value is -1.93. The number of Topliss-reactive ketones (excluding diaryl/α,β-unsaturated/α-hetero) is 1. The Morgan fingerprint density at radius 1 is 1.38 bits per heavy atom. The van der Waals surface area contributed by atoms with Crippen LogP contribution in [0.4, 0.5) is 0 Å². The standard InChI is InChI=1S/C17H20ClN5O2S/c1-22(15(25)11-26-16-19-20-21-23(16)2)17(10-6-5-9-14(17)24)12-7-3-4-8-13(12)18/h3-4,7-8H,5-6,9-11H2,1-2H3/t17-/m0/s1. The zero-order valence-corrected chi connectivity index (χ0v) is 16.3. The summed E-state index contributed by atoms with van der Waals surface area (Å²) in [4.78, 5) is 27.5. The van der Waals surface area contributed by atoms with Crippen LogP contribution in [0.1, 0.15) is 31.2 Å². The van der Waals surface area contributed by atoms with Crippen molar-refractivity contribution in [1.82, 2.24) is 25.1 Å². The Morgan fingerprint density at radius 2 is 2.15 bits per heavy atom. The molecule has 0 bridgehead atoms. The normalized spacial score (nSPS) is 20.2. The molecule has 1 saturated carbocycles. The van der Waals surface area contributed by atoms with Crippen LogP contribution in [0.5, 0.6) is 0 Å². The summed E-state index contributed by atoms with van der Waals surface area (Å²) in [7, 11) is 3.40. The number of carbonyl (C=O) groups is 2. The molecular weight excluding hydrogens is 374 g/mol. The quantitative estimate of drug-likeness (QED) is 0.726. The highest BCUT2D eigenvalue weighted by Gasteiger charge is 2.47. The minimum Gasteiger partial charge on any atom is -0.328 e. The molecule has 3 rings (SSSR count). The third kappa shape index (κ3) is 3.35. The average Bonchev–Trinajstić information content (AvgIpc) is 3.05. The van der Waals surface area contributed by atoms with Crippen LogP contribution >= 0.6 is 23.4 Å². The van der Waals surface area contributed by atoms with Gasteiger partial charge in [-0.2, -0.15) is 0 Å². The monoisotopic (exact) mass is 393 g/mol. The Labute approximate surface area is 161 Å². The number of ketones is 1. The molecule has 0 spiro atoms. The number of amides is 1. The maximum absolute atomic E-state index is 13.0. The van der Waals surface area contributed by atoms with Gasteiger partial charge in [0.25, 0.3) is 0 Å². The van der Waals surface area contributed by atoms with Gasteiger partial charge >= 0.3 is 0 Å². The number of hydrogen-bond donors (Lipinski definition) is 0. The molecule has 138 valence electrons. The maximum atomic E-state index is 13.0. The van der Waals surface area contributed by atoms with Gasteiger partial charge < -0.3 is 4.90 Å². The minimum absolute atomic E-state index is 0.0398. The molecule has 0 radical (unpaired) electrons. The first kappa shape index (κ1) is 18.8. The number of hydrogen-bond acceptors (Lipinski definition) is 6. The number of halogens is 1. The molecule has 1 aliphatic rings. The largest absolute Gasteiger partial charge is 0.328 e. The molecule has 1 aromatic carbocycles. The molecule has 7 nitrogen and oxygen atoms in total. The minimum atomic E-state index is -1.01. The molecule has 1 aromatic heterocycles. The number of benzene rings is 1. The van der Waals surface area contributed by atoms with Crippen molar-refractivity contribution in [2.75, 3.05) is 12.8 Å². The summed E-state index contributed by atoms with van der Waals surface area (Å²) in [6.07, 6.45) is 2.73. The lowest BCUT2D eigenvalue weighted by atomic mass is 9.74. The van der Waals surface area contributed by atoms with Gasteiger partial charge in [0.15, 0.2) is 5.78 Å². The molecule has 0 unspecified atom stereocenters. The Bertz CT molecular complexity index is 827. The summed E-state index contributed by atoms with van der Waals surface area (Å²) in [5.74, 6) is 0.0238. The molecule has 2 aromatic rings. The summed E-state index contributed by atoms with van der Waals surface area (Å²) in [5, 5.41) is 12.2. The lowest BCUT2D eigenvalue weighted by molar-refractivity contribution is -0.146. The van der Waals surface area contributed by atoms with Crippen molar-refractivity contribution in [3.8, 4) is 0 Å². The highest BCUT2D eigenvalue weighted by molar-refractivity contribution is 7.99. The summed E-state index contributed by atoms with van der Waals surface area (Å²) in [6.45, 7) is 0.